The highest BCUT2D eigenvalue weighted by Crippen LogP contribution is 2.31. The number of para-hydroxylation sites is 1. The van der Waals surface area contributed by atoms with Crippen molar-refractivity contribution >= 4 is 14.7 Å². The lowest BCUT2D eigenvalue weighted by Crippen LogP contribution is -1.91. The first-order valence-corrected chi connectivity index (χ1v) is 4.86. The van der Waals surface area contributed by atoms with E-state index in [2.05, 4.69) is 0 Å². The first kappa shape index (κ1) is 9.17. The number of carbonyl (C=O) groups is 1. The van der Waals surface area contributed by atoms with Gasteiger partial charge in [-0.1, -0.05) is 18.2 Å². The van der Waals surface area contributed by atoms with Crippen molar-refractivity contribution < 1.29 is 14.2 Å². The van der Waals surface area contributed by atoms with Gasteiger partial charge in [0.15, 0.2) is 0 Å². The van der Waals surface area contributed by atoms with E-state index in [1.807, 2.05) is 6.07 Å². The Morgan fingerprint density at radius 1 is 1.42 bits per heavy atom. The highest BCUT2D eigenvalue weighted by molar-refractivity contribution is 7.47. The third-order valence-corrected chi connectivity index (χ3v) is 2.07. The van der Waals surface area contributed by atoms with E-state index in [1.54, 1.807) is 24.3 Å². The summed E-state index contributed by atoms with van der Waals surface area (Å²) in [5.41, 5.74) is 0. The van der Waals surface area contributed by atoms with Gasteiger partial charge in [0.1, 0.15) is 12.0 Å². The zero-order valence-electron chi connectivity index (χ0n) is 6.38. The maximum atomic E-state index is 9.98. The summed E-state index contributed by atoms with van der Waals surface area (Å²) in [4.78, 5) is 19.1. The Morgan fingerprint density at radius 3 is 2.67 bits per heavy atom. The van der Waals surface area contributed by atoms with Gasteiger partial charge in [0, 0.05) is 0 Å². The van der Waals surface area contributed by atoms with Crippen molar-refractivity contribution in [2.75, 3.05) is 6.16 Å². The van der Waals surface area contributed by atoms with Gasteiger partial charge < -0.3 is 14.2 Å². The van der Waals surface area contributed by atoms with Crippen LogP contribution < -0.4 is 4.52 Å². The smallest absolute Gasteiger partial charge is 0.234 e. The molecular formula is C8H9O3P. The third kappa shape index (κ3) is 2.99. The number of hydrogen-bond donors (Lipinski definition) is 1. The first-order chi connectivity index (χ1) is 5.83. The SMILES string of the molecule is O=CCP(O)Oc1ccccc1. The molecule has 1 aromatic rings. The summed E-state index contributed by atoms with van der Waals surface area (Å²) >= 11 is 0. The average Bonchev–Trinajstić information content (AvgIpc) is 2.06. The van der Waals surface area contributed by atoms with Gasteiger partial charge >= 0.3 is 0 Å². The second-order valence-corrected chi connectivity index (χ2v) is 3.36. The minimum Gasteiger partial charge on any atom is -0.447 e. The maximum Gasteiger partial charge on any atom is 0.234 e. The van der Waals surface area contributed by atoms with Gasteiger partial charge in [-0.25, -0.2) is 0 Å². The quantitative estimate of drug-likeness (QED) is 0.570. The summed E-state index contributed by atoms with van der Waals surface area (Å²) < 4.78 is 5.04. The molecule has 0 saturated carbocycles. The molecular weight excluding hydrogens is 175 g/mol. The molecule has 4 heteroatoms. The Morgan fingerprint density at radius 2 is 2.08 bits per heavy atom. The van der Waals surface area contributed by atoms with Crippen LogP contribution >= 0.6 is 8.38 Å². The zero-order chi connectivity index (χ0) is 8.81. The largest absolute Gasteiger partial charge is 0.447 e. The van der Waals surface area contributed by atoms with Crippen molar-refractivity contribution in [1.29, 1.82) is 0 Å². The van der Waals surface area contributed by atoms with E-state index >= 15 is 0 Å². The molecule has 0 radical (unpaired) electrons. The number of aldehydes is 1. The van der Waals surface area contributed by atoms with Crippen LogP contribution in [0.25, 0.3) is 0 Å². The lowest BCUT2D eigenvalue weighted by molar-refractivity contribution is -0.105. The minimum atomic E-state index is -1.63. The van der Waals surface area contributed by atoms with E-state index in [0.717, 1.165) is 0 Å². The molecule has 1 rings (SSSR count). The highest BCUT2D eigenvalue weighted by Gasteiger charge is 2.04. The fourth-order valence-corrected chi connectivity index (χ4v) is 1.27. The van der Waals surface area contributed by atoms with E-state index in [9.17, 15) is 4.79 Å². The predicted octanol–water partition coefficient (Wildman–Crippen LogP) is 1.57. The molecule has 0 amide bonds. The van der Waals surface area contributed by atoms with Crippen LogP contribution in [0.3, 0.4) is 0 Å². The van der Waals surface area contributed by atoms with Crippen LogP contribution in [-0.4, -0.2) is 17.3 Å². The summed E-state index contributed by atoms with van der Waals surface area (Å²) in [5, 5.41) is 0. The molecule has 0 bridgehead atoms. The van der Waals surface area contributed by atoms with Crippen LogP contribution in [0.15, 0.2) is 30.3 Å². The molecule has 12 heavy (non-hydrogen) atoms. The van der Waals surface area contributed by atoms with Gasteiger partial charge in [0.2, 0.25) is 8.38 Å². The van der Waals surface area contributed by atoms with Crippen LogP contribution in [0.1, 0.15) is 0 Å². The number of carbonyl (C=O) groups excluding carboxylic acids is 1. The van der Waals surface area contributed by atoms with Crippen molar-refractivity contribution in [2.24, 2.45) is 0 Å². The molecule has 3 nitrogen and oxygen atoms in total. The van der Waals surface area contributed by atoms with Gasteiger partial charge in [-0.3, -0.25) is 0 Å². The lowest BCUT2D eigenvalue weighted by Gasteiger charge is -2.08. The van der Waals surface area contributed by atoms with Crippen LogP contribution in [0, 0.1) is 0 Å². The summed E-state index contributed by atoms with van der Waals surface area (Å²) in [7, 11) is -1.63. The van der Waals surface area contributed by atoms with Crippen molar-refractivity contribution in [3.8, 4) is 5.75 Å². The van der Waals surface area contributed by atoms with E-state index in [4.69, 9.17) is 9.42 Å². The molecule has 1 atom stereocenters. The molecule has 0 aliphatic rings. The molecule has 0 saturated heterocycles. The molecule has 1 aromatic carbocycles. The highest BCUT2D eigenvalue weighted by atomic mass is 31.2. The zero-order valence-corrected chi connectivity index (χ0v) is 7.28. The van der Waals surface area contributed by atoms with Gasteiger partial charge in [-0.05, 0) is 12.1 Å². The summed E-state index contributed by atoms with van der Waals surface area (Å²) in [6.07, 6.45) is 0.707. The van der Waals surface area contributed by atoms with Crippen LogP contribution in [0.2, 0.25) is 0 Å². The topological polar surface area (TPSA) is 46.5 Å². The van der Waals surface area contributed by atoms with Crippen molar-refractivity contribution in [1.82, 2.24) is 0 Å². The van der Waals surface area contributed by atoms with Gasteiger partial charge in [0.25, 0.3) is 0 Å². The van der Waals surface area contributed by atoms with Gasteiger partial charge in [-0.15, -0.1) is 0 Å². The third-order valence-electron chi connectivity index (χ3n) is 1.18. The molecule has 0 aliphatic carbocycles. The molecule has 1 N–H and O–H groups in total. The Hall–Kier alpha value is -0.920. The fourth-order valence-electron chi connectivity index (χ4n) is 0.704. The molecule has 64 valence electrons. The van der Waals surface area contributed by atoms with Gasteiger partial charge in [-0.2, -0.15) is 0 Å². The van der Waals surface area contributed by atoms with Crippen LogP contribution in [-0.2, 0) is 4.79 Å². The molecule has 0 heterocycles. The molecule has 1 unspecified atom stereocenters. The number of hydrogen-bond acceptors (Lipinski definition) is 3. The summed E-state index contributed by atoms with van der Waals surface area (Å²) in [6, 6.07) is 8.93. The average molecular weight is 184 g/mol. The fraction of sp³-hybridized carbons (Fsp3) is 0.125. The minimum absolute atomic E-state index is 0.0597. The monoisotopic (exact) mass is 184 g/mol. The van der Waals surface area contributed by atoms with E-state index < -0.39 is 8.38 Å². The number of benzene rings is 1. The second kappa shape index (κ2) is 4.86. The van der Waals surface area contributed by atoms with Crippen molar-refractivity contribution in [3.05, 3.63) is 30.3 Å². The lowest BCUT2D eigenvalue weighted by atomic mass is 10.3. The normalized spacial score (nSPS) is 12.1. The van der Waals surface area contributed by atoms with E-state index in [1.165, 1.54) is 0 Å². The van der Waals surface area contributed by atoms with Crippen LogP contribution in [0.5, 0.6) is 5.75 Å². The maximum absolute atomic E-state index is 9.98. The Bertz CT molecular complexity index is 237. The van der Waals surface area contributed by atoms with Crippen molar-refractivity contribution in [3.63, 3.8) is 0 Å². The molecule has 0 aromatic heterocycles. The molecule has 0 fully saturated rings. The summed E-state index contributed by atoms with van der Waals surface area (Å²) in [6.45, 7) is 0. The molecule has 0 aliphatic heterocycles. The van der Waals surface area contributed by atoms with E-state index in [0.29, 0.717) is 12.0 Å². The van der Waals surface area contributed by atoms with Crippen LogP contribution in [0.4, 0.5) is 0 Å². The van der Waals surface area contributed by atoms with E-state index in [-0.39, 0.29) is 6.16 Å². The van der Waals surface area contributed by atoms with Gasteiger partial charge in [0.05, 0.1) is 6.16 Å². The summed E-state index contributed by atoms with van der Waals surface area (Å²) in [5.74, 6) is 0.591. The second-order valence-electron chi connectivity index (χ2n) is 2.11. The Labute approximate surface area is 71.9 Å². The molecule has 0 spiro atoms. The van der Waals surface area contributed by atoms with Crippen molar-refractivity contribution in [2.45, 2.75) is 0 Å². The number of rotatable bonds is 4. The predicted molar refractivity (Wildman–Crippen MR) is 47.1 cm³/mol. The Balaban J connectivity index is 2.46. The standard InChI is InChI=1S/C8H9O3P/c9-6-7-12(10)11-8-4-2-1-3-5-8/h1-6,10H,7H2. The Kier molecular flexibility index (Phi) is 3.71. The first-order valence-electron chi connectivity index (χ1n) is 3.46.